The number of nitrogens with one attached hydrogen (secondary N) is 4. The van der Waals surface area contributed by atoms with Crippen LogP contribution >= 0.6 is 12.6 Å². The third-order valence-corrected chi connectivity index (χ3v) is 5.36. The predicted molar refractivity (Wildman–Crippen MR) is 136 cm³/mol. The smallest absolute Gasteiger partial charge is 0.305 e. The molecule has 2 aromatic carbocycles. The minimum atomic E-state index is -1.37. The van der Waals surface area contributed by atoms with Crippen molar-refractivity contribution in [3.63, 3.8) is 0 Å². The fraction of sp³-hybridized carbons (Fsp3) is 0.320. The summed E-state index contributed by atoms with van der Waals surface area (Å²) in [5, 5.41) is 19.5. The summed E-state index contributed by atoms with van der Waals surface area (Å²) in [5.41, 5.74) is 2.29. The minimum Gasteiger partial charge on any atom is -0.481 e. The first kappa shape index (κ1) is 28.4. The number of benzene rings is 2. The molecule has 0 unspecified atom stereocenters. The zero-order chi connectivity index (χ0) is 26.3. The van der Waals surface area contributed by atoms with E-state index in [1.165, 1.54) is 0 Å². The van der Waals surface area contributed by atoms with Gasteiger partial charge in [0.05, 0.1) is 12.8 Å². The van der Waals surface area contributed by atoms with Crippen molar-refractivity contribution < 1.29 is 29.1 Å². The number of carbonyl (C=O) groups is 5. The first-order valence-electron chi connectivity index (χ1n) is 11.3. The molecule has 0 spiro atoms. The normalized spacial score (nSPS) is 12.0. The van der Waals surface area contributed by atoms with E-state index in [1.807, 2.05) is 18.2 Å². The van der Waals surface area contributed by atoms with E-state index in [1.54, 1.807) is 36.4 Å². The lowest BCUT2D eigenvalue weighted by atomic mass is 10.0. The number of carbonyl (C=O) groups excluding carboxylic acids is 4. The van der Waals surface area contributed by atoms with Gasteiger partial charge in [-0.3, -0.25) is 24.0 Å². The second-order valence-corrected chi connectivity index (χ2v) is 8.42. The Morgan fingerprint density at radius 1 is 0.861 bits per heavy atom. The maximum absolute atomic E-state index is 13.0. The second-order valence-electron chi connectivity index (χ2n) is 7.98. The molecule has 0 saturated carbocycles. The third kappa shape index (κ3) is 10.2. The van der Waals surface area contributed by atoms with Crippen LogP contribution in [-0.2, 0) is 43.4 Å². The molecular formula is C25H30N4O6S. The summed E-state index contributed by atoms with van der Waals surface area (Å²) in [7, 11) is 0. The van der Waals surface area contributed by atoms with Crippen molar-refractivity contribution >= 4 is 42.7 Å². The highest BCUT2D eigenvalue weighted by Crippen LogP contribution is 2.07. The van der Waals surface area contributed by atoms with Crippen molar-refractivity contribution in [2.75, 3.05) is 12.3 Å². The average Bonchev–Trinajstić information content (AvgIpc) is 2.86. The molecule has 0 heterocycles. The second kappa shape index (κ2) is 15.2. The topological polar surface area (TPSA) is 154 Å². The van der Waals surface area contributed by atoms with Crippen LogP contribution in [0.25, 0.3) is 0 Å². The van der Waals surface area contributed by atoms with Crippen molar-refractivity contribution in [3.05, 3.63) is 71.3 Å². The molecule has 2 atom stereocenters. The SMILES string of the molecule is O=CNCc1ccc(CC(=O)N[C@@H](CC(=O)O)C(=O)N[C@@H](Cc2ccccc2)C(=O)NCCS)cc1. The molecule has 0 aliphatic rings. The molecule has 0 aliphatic carbocycles. The summed E-state index contributed by atoms with van der Waals surface area (Å²) in [5.74, 6) is -2.63. The van der Waals surface area contributed by atoms with Gasteiger partial charge in [0.25, 0.3) is 0 Å². The number of carboxylic acids is 1. The van der Waals surface area contributed by atoms with Crippen LogP contribution in [0.5, 0.6) is 0 Å². The molecule has 36 heavy (non-hydrogen) atoms. The molecule has 10 nitrogen and oxygen atoms in total. The summed E-state index contributed by atoms with van der Waals surface area (Å²) >= 11 is 4.07. The lowest BCUT2D eigenvalue weighted by Crippen LogP contribution is -2.55. The monoisotopic (exact) mass is 514 g/mol. The summed E-state index contributed by atoms with van der Waals surface area (Å²) in [6, 6.07) is 13.6. The van der Waals surface area contributed by atoms with Gasteiger partial charge in [-0.25, -0.2) is 0 Å². The zero-order valence-electron chi connectivity index (χ0n) is 19.6. The van der Waals surface area contributed by atoms with Crippen LogP contribution in [0.3, 0.4) is 0 Å². The van der Waals surface area contributed by atoms with Crippen LogP contribution in [0.15, 0.2) is 54.6 Å². The van der Waals surface area contributed by atoms with Gasteiger partial charge >= 0.3 is 5.97 Å². The van der Waals surface area contributed by atoms with E-state index in [9.17, 15) is 29.1 Å². The van der Waals surface area contributed by atoms with Gasteiger partial charge in [0.15, 0.2) is 0 Å². The quantitative estimate of drug-likeness (QED) is 0.148. The van der Waals surface area contributed by atoms with Crippen molar-refractivity contribution in [1.82, 2.24) is 21.3 Å². The molecule has 192 valence electrons. The molecule has 0 aromatic heterocycles. The Hall–Kier alpha value is -3.86. The summed E-state index contributed by atoms with van der Waals surface area (Å²) in [6.45, 7) is 0.644. The van der Waals surface area contributed by atoms with E-state index in [2.05, 4.69) is 33.9 Å². The minimum absolute atomic E-state index is 0.0827. The van der Waals surface area contributed by atoms with E-state index in [0.717, 1.165) is 11.1 Å². The van der Waals surface area contributed by atoms with Crippen molar-refractivity contribution in [1.29, 1.82) is 0 Å². The molecule has 0 saturated heterocycles. The first-order valence-corrected chi connectivity index (χ1v) is 11.9. The van der Waals surface area contributed by atoms with Crippen molar-refractivity contribution in [2.45, 2.75) is 37.9 Å². The van der Waals surface area contributed by atoms with Gasteiger partial charge < -0.3 is 26.4 Å². The van der Waals surface area contributed by atoms with E-state index in [4.69, 9.17) is 0 Å². The van der Waals surface area contributed by atoms with Gasteiger partial charge in [-0.05, 0) is 16.7 Å². The molecule has 0 aliphatic heterocycles. The number of carboxylic acid groups (broad SMARTS) is 1. The van der Waals surface area contributed by atoms with Gasteiger partial charge in [0.2, 0.25) is 24.1 Å². The Balaban J connectivity index is 2.07. The average molecular weight is 515 g/mol. The van der Waals surface area contributed by atoms with Crippen LogP contribution < -0.4 is 21.3 Å². The molecule has 2 rings (SSSR count). The van der Waals surface area contributed by atoms with Crippen molar-refractivity contribution in [2.24, 2.45) is 0 Å². The first-order chi connectivity index (χ1) is 17.3. The van der Waals surface area contributed by atoms with E-state index in [-0.39, 0.29) is 12.8 Å². The molecule has 0 radical (unpaired) electrons. The van der Waals surface area contributed by atoms with Crippen molar-refractivity contribution in [3.8, 4) is 0 Å². The Morgan fingerprint density at radius 2 is 1.53 bits per heavy atom. The molecule has 11 heteroatoms. The number of thiol groups is 1. The Morgan fingerprint density at radius 3 is 2.14 bits per heavy atom. The number of hydrogen-bond donors (Lipinski definition) is 6. The van der Waals surface area contributed by atoms with E-state index < -0.39 is 42.2 Å². The molecular weight excluding hydrogens is 484 g/mol. The Kier molecular flexibility index (Phi) is 12.0. The lowest BCUT2D eigenvalue weighted by Gasteiger charge is -2.22. The molecule has 0 fully saturated rings. The lowest BCUT2D eigenvalue weighted by molar-refractivity contribution is -0.141. The number of aliphatic carboxylic acids is 1. The molecule has 5 N–H and O–H groups in total. The number of amides is 4. The van der Waals surface area contributed by atoms with Gasteiger partial charge in [-0.15, -0.1) is 0 Å². The van der Waals surface area contributed by atoms with E-state index in [0.29, 0.717) is 30.8 Å². The molecule has 2 aromatic rings. The maximum atomic E-state index is 13.0. The third-order valence-electron chi connectivity index (χ3n) is 5.13. The molecule has 0 bridgehead atoms. The maximum Gasteiger partial charge on any atom is 0.305 e. The van der Waals surface area contributed by atoms with Crippen LogP contribution in [-0.4, -0.2) is 59.6 Å². The molecule has 4 amide bonds. The van der Waals surface area contributed by atoms with Crippen LogP contribution in [0.1, 0.15) is 23.1 Å². The highest BCUT2D eigenvalue weighted by atomic mass is 32.1. The predicted octanol–water partition coefficient (Wildman–Crippen LogP) is 0.208. The number of hydrogen-bond acceptors (Lipinski definition) is 6. The summed E-state index contributed by atoms with van der Waals surface area (Å²) < 4.78 is 0. The summed E-state index contributed by atoms with van der Waals surface area (Å²) in [4.78, 5) is 60.0. The Labute approximate surface area is 214 Å². The van der Waals surface area contributed by atoms with Gasteiger partial charge in [-0.2, -0.15) is 12.6 Å². The highest BCUT2D eigenvalue weighted by molar-refractivity contribution is 7.80. The summed E-state index contributed by atoms with van der Waals surface area (Å²) in [6.07, 6.45) is 0.0400. The largest absolute Gasteiger partial charge is 0.481 e. The van der Waals surface area contributed by atoms with Crippen LogP contribution in [0.4, 0.5) is 0 Å². The fourth-order valence-corrected chi connectivity index (χ4v) is 3.49. The highest BCUT2D eigenvalue weighted by Gasteiger charge is 2.28. The fourth-order valence-electron chi connectivity index (χ4n) is 3.38. The van der Waals surface area contributed by atoms with E-state index >= 15 is 0 Å². The standard InChI is InChI=1S/C25H30N4O6S/c30-16-26-15-19-8-6-18(7-9-19)13-22(31)28-21(14-23(32)33)25(35)29-20(24(34)27-10-11-36)12-17-4-2-1-3-5-17/h1-9,16,20-21,36H,10-15H2,(H,26,30)(H,27,34)(H,28,31)(H,29,35)(H,32,33)/t20-,21-/m0/s1. The van der Waals surface area contributed by atoms with Gasteiger partial charge in [0, 0.05) is 25.3 Å². The Bertz CT molecular complexity index is 1030. The number of rotatable bonds is 15. The van der Waals surface area contributed by atoms with Crippen LogP contribution in [0.2, 0.25) is 0 Å². The van der Waals surface area contributed by atoms with Gasteiger partial charge in [0.1, 0.15) is 12.1 Å². The van der Waals surface area contributed by atoms with Crippen LogP contribution in [0, 0.1) is 0 Å². The zero-order valence-corrected chi connectivity index (χ0v) is 20.5. The van der Waals surface area contributed by atoms with Gasteiger partial charge in [-0.1, -0.05) is 54.6 Å².